The summed E-state index contributed by atoms with van der Waals surface area (Å²) in [6, 6.07) is 4.13. The fraction of sp³-hybridized carbons (Fsp3) is 0.455. The van der Waals surface area contributed by atoms with Crippen LogP contribution in [0.1, 0.15) is 47.3 Å². The molecule has 2 heterocycles. The van der Waals surface area contributed by atoms with Gasteiger partial charge in [-0.05, 0) is 37.0 Å². The van der Waals surface area contributed by atoms with Gasteiger partial charge in [0.25, 0.3) is 6.02 Å². The molecule has 2 N–H and O–H groups in total. The van der Waals surface area contributed by atoms with Gasteiger partial charge in [-0.25, -0.2) is 23.7 Å². The van der Waals surface area contributed by atoms with Crippen LogP contribution in [0.2, 0.25) is 0 Å². The standard InChI is InChI=1S/C22H24F2N4O3/c1-30-20-11-26-17(10-27-20)18(29)9-13-6-7-16(24)15(8-13)22(12-23)14-4-2-3-5-19(14)31-21(25)28-22/h6-8,10-11,14,19H,2-5,9,12H2,1H3,(H2,25,28). The van der Waals surface area contributed by atoms with E-state index in [4.69, 9.17) is 15.2 Å². The summed E-state index contributed by atoms with van der Waals surface area (Å²) in [5.41, 5.74) is 5.18. The number of Topliss-reactive ketones (excluding diaryl/α,β-unsaturated/α-hetero) is 1. The minimum Gasteiger partial charge on any atom is -0.480 e. The highest BCUT2D eigenvalue weighted by molar-refractivity contribution is 5.95. The van der Waals surface area contributed by atoms with E-state index in [0.717, 1.165) is 19.3 Å². The molecule has 3 atom stereocenters. The van der Waals surface area contributed by atoms with Crippen LogP contribution in [0, 0.1) is 11.7 Å². The molecule has 0 bridgehead atoms. The van der Waals surface area contributed by atoms with Crippen molar-refractivity contribution < 1.29 is 23.0 Å². The monoisotopic (exact) mass is 430 g/mol. The highest BCUT2D eigenvalue weighted by atomic mass is 19.1. The average Bonchev–Trinajstić information content (AvgIpc) is 2.79. The number of rotatable bonds is 6. The molecule has 2 aliphatic rings. The Hall–Kier alpha value is -3.10. The minimum atomic E-state index is -1.46. The Morgan fingerprint density at radius 1 is 1.29 bits per heavy atom. The lowest BCUT2D eigenvalue weighted by Gasteiger charge is -2.45. The number of carbonyl (C=O) groups excluding carboxylic acids is 1. The third kappa shape index (κ3) is 3.96. The Bertz CT molecular complexity index is 999. The predicted molar refractivity (Wildman–Crippen MR) is 109 cm³/mol. The van der Waals surface area contributed by atoms with Crippen LogP contribution in [0.4, 0.5) is 8.78 Å². The fourth-order valence-electron chi connectivity index (χ4n) is 4.56. The molecular weight excluding hydrogens is 406 g/mol. The number of aliphatic imine (C=N–C) groups is 1. The summed E-state index contributed by atoms with van der Waals surface area (Å²) < 4.78 is 40.2. The van der Waals surface area contributed by atoms with Crippen molar-refractivity contribution in [1.82, 2.24) is 9.97 Å². The molecule has 0 amide bonds. The highest BCUT2D eigenvalue weighted by Crippen LogP contribution is 2.47. The van der Waals surface area contributed by atoms with E-state index in [1.54, 1.807) is 0 Å². The first-order chi connectivity index (χ1) is 15.0. The molecule has 4 rings (SSSR count). The summed E-state index contributed by atoms with van der Waals surface area (Å²) in [7, 11) is 1.45. The second-order valence-electron chi connectivity index (χ2n) is 7.91. The zero-order chi connectivity index (χ0) is 22.0. The Balaban J connectivity index is 1.67. The van der Waals surface area contributed by atoms with Gasteiger partial charge >= 0.3 is 0 Å². The molecule has 1 aliphatic heterocycles. The molecule has 1 aromatic heterocycles. The summed E-state index contributed by atoms with van der Waals surface area (Å²) in [6.07, 6.45) is 5.54. The molecule has 1 aliphatic carbocycles. The zero-order valence-electron chi connectivity index (χ0n) is 17.2. The van der Waals surface area contributed by atoms with Crippen molar-refractivity contribution in [3.8, 4) is 5.88 Å². The third-order valence-electron chi connectivity index (χ3n) is 6.09. The number of nitrogens with zero attached hydrogens (tertiary/aromatic N) is 3. The number of carbonyl (C=O) groups is 1. The second kappa shape index (κ2) is 8.56. The van der Waals surface area contributed by atoms with Gasteiger partial charge in [0, 0.05) is 17.9 Å². The SMILES string of the molecule is COc1cnc(C(=O)Cc2ccc(F)c(C3(CF)N=C(N)OC4CCCCC43)c2)cn1. The summed E-state index contributed by atoms with van der Waals surface area (Å²) >= 11 is 0. The number of aromatic nitrogens is 2. The van der Waals surface area contributed by atoms with Crippen LogP contribution in [0.5, 0.6) is 5.88 Å². The fourth-order valence-corrected chi connectivity index (χ4v) is 4.56. The number of ketones is 1. The predicted octanol–water partition coefficient (Wildman–Crippen LogP) is 3.12. The van der Waals surface area contributed by atoms with Gasteiger partial charge in [0.2, 0.25) is 5.88 Å². The number of amidine groups is 1. The third-order valence-corrected chi connectivity index (χ3v) is 6.09. The van der Waals surface area contributed by atoms with Gasteiger partial charge in [-0.15, -0.1) is 0 Å². The number of nitrogens with two attached hydrogens (primary N) is 1. The van der Waals surface area contributed by atoms with Crippen molar-refractivity contribution in [3.05, 3.63) is 53.2 Å². The summed E-state index contributed by atoms with van der Waals surface area (Å²) in [4.78, 5) is 24.9. The van der Waals surface area contributed by atoms with Crippen molar-refractivity contribution in [2.45, 2.75) is 43.7 Å². The molecule has 2 aromatic rings. The molecule has 0 spiro atoms. The van der Waals surface area contributed by atoms with Gasteiger partial charge in [0.05, 0.1) is 19.5 Å². The number of fused-ring (bicyclic) bond motifs is 1. The van der Waals surface area contributed by atoms with Gasteiger partial charge < -0.3 is 15.2 Å². The lowest BCUT2D eigenvalue weighted by Crippen LogP contribution is -2.52. The van der Waals surface area contributed by atoms with E-state index in [2.05, 4.69) is 15.0 Å². The molecule has 3 unspecified atom stereocenters. The van der Waals surface area contributed by atoms with Crippen LogP contribution in [-0.4, -0.2) is 41.7 Å². The molecule has 1 fully saturated rings. The molecule has 9 heteroatoms. The highest BCUT2D eigenvalue weighted by Gasteiger charge is 2.51. The van der Waals surface area contributed by atoms with Gasteiger partial charge in [-0.3, -0.25) is 4.79 Å². The molecule has 7 nitrogen and oxygen atoms in total. The number of alkyl halides is 1. The minimum absolute atomic E-state index is 0.0412. The van der Waals surface area contributed by atoms with E-state index >= 15 is 0 Å². The first kappa shape index (κ1) is 21.1. The van der Waals surface area contributed by atoms with Crippen molar-refractivity contribution in [3.63, 3.8) is 0 Å². The molecule has 31 heavy (non-hydrogen) atoms. The molecule has 1 aromatic carbocycles. The largest absolute Gasteiger partial charge is 0.480 e. The van der Waals surface area contributed by atoms with Crippen molar-refractivity contribution >= 4 is 11.8 Å². The summed E-state index contributed by atoms with van der Waals surface area (Å²) in [5.74, 6) is -0.914. The van der Waals surface area contributed by atoms with Crippen LogP contribution >= 0.6 is 0 Å². The van der Waals surface area contributed by atoms with E-state index in [1.807, 2.05) is 0 Å². The first-order valence-corrected chi connectivity index (χ1v) is 10.2. The van der Waals surface area contributed by atoms with E-state index < -0.39 is 18.0 Å². The van der Waals surface area contributed by atoms with Crippen LogP contribution in [0.25, 0.3) is 0 Å². The average molecular weight is 430 g/mol. The molecule has 0 radical (unpaired) electrons. The summed E-state index contributed by atoms with van der Waals surface area (Å²) in [6.45, 7) is -0.906. The number of hydrogen-bond donors (Lipinski definition) is 1. The van der Waals surface area contributed by atoms with Crippen LogP contribution in [0.3, 0.4) is 0 Å². The number of hydrogen-bond acceptors (Lipinski definition) is 7. The van der Waals surface area contributed by atoms with Crippen molar-refractivity contribution in [1.29, 1.82) is 0 Å². The van der Waals surface area contributed by atoms with Gasteiger partial charge in [0.15, 0.2) is 5.78 Å². The number of ether oxygens (including phenoxy) is 2. The number of methoxy groups -OCH3 is 1. The zero-order valence-corrected chi connectivity index (χ0v) is 17.2. The number of halogens is 2. The van der Waals surface area contributed by atoms with Crippen molar-refractivity contribution in [2.24, 2.45) is 16.6 Å². The Labute approximate surface area is 178 Å². The van der Waals surface area contributed by atoms with Gasteiger partial charge in [-0.2, -0.15) is 0 Å². The molecule has 164 valence electrons. The maximum atomic E-state index is 15.0. The molecule has 1 saturated carbocycles. The maximum Gasteiger partial charge on any atom is 0.283 e. The Morgan fingerprint density at radius 2 is 2.10 bits per heavy atom. The first-order valence-electron chi connectivity index (χ1n) is 10.2. The van der Waals surface area contributed by atoms with E-state index in [-0.39, 0.29) is 41.5 Å². The maximum absolute atomic E-state index is 15.0. The lowest BCUT2D eigenvalue weighted by atomic mass is 9.69. The van der Waals surface area contributed by atoms with Gasteiger partial charge in [-0.1, -0.05) is 12.5 Å². The normalized spacial score (nSPS) is 25.2. The van der Waals surface area contributed by atoms with Crippen LogP contribution in [-0.2, 0) is 16.7 Å². The van der Waals surface area contributed by atoms with E-state index in [9.17, 15) is 13.6 Å². The van der Waals surface area contributed by atoms with Crippen LogP contribution in [0.15, 0.2) is 35.6 Å². The van der Waals surface area contributed by atoms with E-state index in [1.165, 1.54) is 37.7 Å². The molecule has 0 saturated heterocycles. The van der Waals surface area contributed by atoms with E-state index in [0.29, 0.717) is 17.9 Å². The Morgan fingerprint density at radius 3 is 2.81 bits per heavy atom. The van der Waals surface area contributed by atoms with Crippen molar-refractivity contribution in [2.75, 3.05) is 13.8 Å². The van der Waals surface area contributed by atoms with Crippen LogP contribution < -0.4 is 10.5 Å². The number of benzene rings is 1. The lowest BCUT2D eigenvalue weighted by molar-refractivity contribution is -0.00110. The smallest absolute Gasteiger partial charge is 0.283 e. The quantitative estimate of drug-likeness (QED) is 0.707. The summed E-state index contributed by atoms with van der Waals surface area (Å²) in [5, 5.41) is 0. The van der Waals surface area contributed by atoms with Gasteiger partial charge in [0.1, 0.15) is 29.8 Å². The molecular formula is C22H24F2N4O3. The Kier molecular flexibility index (Phi) is 5.84. The topological polar surface area (TPSA) is 99.7 Å². The second-order valence-corrected chi connectivity index (χ2v) is 7.91.